The van der Waals surface area contributed by atoms with Crippen molar-refractivity contribution in [2.75, 3.05) is 20.3 Å². The molecular weight excluding hydrogens is 330 g/mol. The van der Waals surface area contributed by atoms with E-state index in [0.717, 1.165) is 12.8 Å². The molecule has 0 spiro atoms. The van der Waals surface area contributed by atoms with Gasteiger partial charge in [-0.1, -0.05) is 26.0 Å². The lowest BCUT2D eigenvalue weighted by Crippen LogP contribution is -2.38. The molecule has 1 atom stereocenters. The second-order valence-electron chi connectivity index (χ2n) is 6.43. The molecular formula is C20H29N3O3. The van der Waals surface area contributed by atoms with Crippen molar-refractivity contribution in [1.82, 2.24) is 14.5 Å². The number of aromatic nitrogens is 2. The lowest BCUT2D eigenvalue weighted by atomic mass is 10.1. The van der Waals surface area contributed by atoms with Gasteiger partial charge in [0, 0.05) is 33.7 Å². The van der Waals surface area contributed by atoms with E-state index in [4.69, 9.17) is 9.72 Å². The van der Waals surface area contributed by atoms with Crippen LogP contribution in [-0.4, -0.2) is 40.6 Å². The fourth-order valence-electron chi connectivity index (χ4n) is 3.33. The molecule has 1 unspecified atom stereocenters. The zero-order chi connectivity index (χ0) is 19.1. The van der Waals surface area contributed by atoms with Gasteiger partial charge in [0.15, 0.2) is 0 Å². The number of nitrogens with zero attached hydrogens (tertiary/aromatic N) is 3. The maximum absolute atomic E-state index is 13.0. The fraction of sp³-hybridized carbons (Fsp3) is 0.550. The molecule has 1 heterocycles. The van der Waals surface area contributed by atoms with Gasteiger partial charge in [-0.15, -0.1) is 0 Å². The quantitative estimate of drug-likeness (QED) is 0.645. The van der Waals surface area contributed by atoms with E-state index < -0.39 is 0 Å². The first-order valence-electron chi connectivity index (χ1n) is 9.30. The van der Waals surface area contributed by atoms with Gasteiger partial charge < -0.3 is 9.64 Å². The molecule has 0 aliphatic carbocycles. The van der Waals surface area contributed by atoms with Crippen molar-refractivity contribution in [2.45, 2.75) is 52.6 Å². The summed E-state index contributed by atoms with van der Waals surface area (Å²) in [5.41, 5.74) is 0.644. The van der Waals surface area contributed by atoms with Gasteiger partial charge in [0.05, 0.1) is 16.9 Å². The Morgan fingerprint density at radius 1 is 1.31 bits per heavy atom. The number of carbonyl (C=O) groups excluding carboxylic acids is 1. The predicted octanol–water partition coefficient (Wildman–Crippen LogP) is 3.14. The first-order valence-corrected chi connectivity index (χ1v) is 9.30. The average Bonchev–Trinajstić information content (AvgIpc) is 2.64. The Labute approximate surface area is 154 Å². The van der Waals surface area contributed by atoms with Crippen molar-refractivity contribution < 1.29 is 9.53 Å². The van der Waals surface area contributed by atoms with Gasteiger partial charge in [-0.3, -0.25) is 14.2 Å². The summed E-state index contributed by atoms with van der Waals surface area (Å²) in [5, 5.41) is 0.619. The third kappa shape index (κ3) is 4.30. The minimum atomic E-state index is -0.229. The van der Waals surface area contributed by atoms with Crippen molar-refractivity contribution >= 4 is 16.8 Å². The number of hydrogen-bond acceptors (Lipinski definition) is 4. The number of amides is 1. The van der Waals surface area contributed by atoms with Gasteiger partial charge in [-0.25, -0.2) is 4.98 Å². The number of para-hydroxylation sites is 1. The molecule has 0 N–H and O–H groups in total. The predicted molar refractivity (Wildman–Crippen MR) is 103 cm³/mol. The van der Waals surface area contributed by atoms with E-state index in [1.165, 1.54) is 0 Å². The number of benzene rings is 1. The molecule has 2 aromatic rings. The molecule has 0 saturated heterocycles. The van der Waals surface area contributed by atoms with Crippen LogP contribution in [0.5, 0.6) is 0 Å². The molecule has 142 valence electrons. The summed E-state index contributed by atoms with van der Waals surface area (Å²) in [4.78, 5) is 31.9. The van der Waals surface area contributed by atoms with Crippen LogP contribution in [0.3, 0.4) is 0 Å². The Morgan fingerprint density at radius 3 is 2.65 bits per heavy atom. The summed E-state index contributed by atoms with van der Waals surface area (Å²) < 4.78 is 6.86. The maximum atomic E-state index is 13.0. The normalized spacial score (nSPS) is 12.3. The second-order valence-corrected chi connectivity index (χ2v) is 6.43. The number of hydrogen-bond donors (Lipinski definition) is 0. The highest BCUT2D eigenvalue weighted by Crippen LogP contribution is 2.24. The van der Waals surface area contributed by atoms with E-state index in [1.807, 2.05) is 43.0 Å². The van der Waals surface area contributed by atoms with E-state index in [0.29, 0.717) is 42.8 Å². The Hall–Kier alpha value is -2.21. The zero-order valence-electron chi connectivity index (χ0n) is 16.2. The van der Waals surface area contributed by atoms with Crippen LogP contribution < -0.4 is 5.56 Å². The lowest BCUT2D eigenvalue weighted by Gasteiger charge is -2.31. The van der Waals surface area contributed by atoms with E-state index in [9.17, 15) is 9.59 Å². The Morgan fingerprint density at radius 2 is 2.04 bits per heavy atom. The molecule has 0 radical (unpaired) electrons. The largest absolute Gasteiger partial charge is 0.385 e. The Balaban J connectivity index is 2.57. The van der Waals surface area contributed by atoms with Gasteiger partial charge in [-0.2, -0.15) is 0 Å². The summed E-state index contributed by atoms with van der Waals surface area (Å²) in [6.45, 7) is 7.39. The standard InChI is InChI=1S/C20H29N3O3/c1-5-12-23-19(21-17-11-8-7-10-16(17)20(23)25)18(6-2)22(15(3)24)13-9-14-26-4/h7-8,10-11,18H,5-6,9,12-14H2,1-4H3. The zero-order valence-corrected chi connectivity index (χ0v) is 16.2. The van der Waals surface area contributed by atoms with E-state index in [2.05, 4.69) is 0 Å². The molecule has 1 amide bonds. The van der Waals surface area contributed by atoms with Crippen LogP contribution in [0.4, 0.5) is 0 Å². The number of fused-ring (bicyclic) bond motifs is 1. The van der Waals surface area contributed by atoms with Crippen LogP contribution in [0, 0.1) is 0 Å². The molecule has 1 aromatic heterocycles. The SMILES string of the molecule is CCCn1c(C(CC)N(CCCOC)C(C)=O)nc2ccccc2c1=O. The van der Waals surface area contributed by atoms with Gasteiger partial charge in [-0.05, 0) is 31.4 Å². The maximum Gasteiger partial charge on any atom is 0.261 e. The fourth-order valence-corrected chi connectivity index (χ4v) is 3.33. The molecule has 6 nitrogen and oxygen atoms in total. The number of methoxy groups -OCH3 is 1. The smallest absolute Gasteiger partial charge is 0.261 e. The highest BCUT2D eigenvalue weighted by molar-refractivity contribution is 5.77. The van der Waals surface area contributed by atoms with E-state index in [-0.39, 0.29) is 17.5 Å². The second kappa shape index (κ2) is 9.48. The van der Waals surface area contributed by atoms with Crippen LogP contribution in [0.15, 0.2) is 29.1 Å². The first kappa shape index (κ1) is 20.1. The van der Waals surface area contributed by atoms with Crippen LogP contribution in [0.2, 0.25) is 0 Å². The van der Waals surface area contributed by atoms with Crippen molar-refractivity contribution in [3.63, 3.8) is 0 Å². The van der Waals surface area contributed by atoms with Crippen LogP contribution in [-0.2, 0) is 16.1 Å². The highest BCUT2D eigenvalue weighted by atomic mass is 16.5. The van der Waals surface area contributed by atoms with Gasteiger partial charge in [0.1, 0.15) is 5.82 Å². The molecule has 0 fully saturated rings. The van der Waals surface area contributed by atoms with Gasteiger partial charge in [0.25, 0.3) is 5.56 Å². The highest BCUT2D eigenvalue weighted by Gasteiger charge is 2.26. The van der Waals surface area contributed by atoms with Crippen molar-refractivity contribution in [2.24, 2.45) is 0 Å². The Kier molecular flexibility index (Phi) is 7.33. The van der Waals surface area contributed by atoms with Crippen molar-refractivity contribution in [3.8, 4) is 0 Å². The first-order chi connectivity index (χ1) is 12.5. The molecule has 26 heavy (non-hydrogen) atoms. The molecule has 2 rings (SSSR count). The van der Waals surface area contributed by atoms with E-state index >= 15 is 0 Å². The van der Waals surface area contributed by atoms with Crippen molar-refractivity contribution in [1.29, 1.82) is 0 Å². The van der Waals surface area contributed by atoms with Crippen LogP contribution in [0.1, 0.15) is 51.9 Å². The topological polar surface area (TPSA) is 64.4 Å². The molecule has 0 saturated carbocycles. The number of ether oxygens (including phenoxy) is 1. The molecule has 0 aliphatic heterocycles. The number of rotatable bonds is 9. The Bertz CT molecular complexity index is 800. The molecule has 0 aliphatic rings. The molecule has 6 heteroatoms. The monoisotopic (exact) mass is 359 g/mol. The van der Waals surface area contributed by atoms with Crippen LogP contribution >= 0.6 is 0 Å². The third-order valence-electron chi connectivity index (χ3n) is 4.55. The summed E-state index contributed by atoms with van der Waals surface area (Å²) >= 11 is 0. The van der Waals surface area contributed by atoms with Crippen molar-refractivity contribution in [3.05, 3.63) is 40.4 Å². The number of carbonyl (C=O) groups is 1. The summed E-state index contributed by atoms with van der Waals surface area (Å²) in [6, 6.07) is 7.17. The molecule has 1 aromatic carbocycles. The summed E-state index contributed by atoms with van der Waals surface area (Å²) in [6.07, 6.45) is 2.27. The minimum absolute atomic E-state index is 0.0154. The summed E-state index contributed by atoms with van der Waals surface area (Å²) in [5.74, 6) is 0.657. The minimum Gasteiger partial charge on any atom is -0.385 e. The summed E-state index contributed by atoms with van der Waals surface area (Å²) in [7, 11) is 1.65. The lowest BCUT2D eigenvalue weighted by molar-refractivity contribution is -0.131. The van der Waals surface area contributed by atoms with Gasteiger partial charge >= 0.3 is 0 Å². The van der Waals surface area contributed by atoms with E-state index in [1.54, 1.807) is 18.6 Å². The average molecular weight is 359 g/mol. The van der Waals surface area contributed by atoms with Crippen LogP contribution in [0.25, 0.3) is 10.9 Å². The molecule has 0 bridgehead atoms. The third-order valence-corrected chi connectivity index (χ3v) is 4.55. The van der Waals surface area contributed by atoms with Gasteiger partial charge in [0.2, 0.25) is 5.91 Å².